The second-order valence-electron chi connectivity index (χ2n) is 9.47. The quantitative estimate of drug-likeness (QED) is 0.539. The zero-order valence-electron chi connectivity index (χ0n) is 20.3. The predicted octanol–water partition coefficient (Wildman–Crippen LogP) is 5.32. The van der Waals surface area contributed by atoms with Crippen LogP contribution in [0.15, 0.2) is 42.5 Å². The number of amides is 2. The summed E-state index contributed by atoms with van der Waals surface area (Å²) in [4.78, 5) is 27.2. The van der Waals surface area contributed by atoms with E-state index in [1.807, 2.05) is 24.3 Å². The zero-order chi connectivity index (χ0) is 27.0. The number of methoxy groups -OCH3 is 2. The molecule has 2 aliphatic rings. The largest absolute Gasteiger partial charge is 0.496 e. The lowest BCUT2D eigenvalue weighted by Gasteiger charge is -2.50. The number of benzene rings is 2. The van der Waals surface area contributed by atoms with Gasteiger partial charge in [0.15, 0.2) is 0 Å². The third-order valence-corrected chi connectivity index (χ3v) is 8.03. The van der Waals surface area contributed by atoms with Gasteiger partial charge in [-0.3, -0.25) is 9.59 Å². The first-order valence-electron chi connectivity index (χ1n) is 11.7. The molecule has 1 N–H and O–H groups in total. The number of para-hydroxylation sites is 1. The molecule has 2 aromatic carbocycles. The van der Waals surface area contributed by atoms with E-state index in [1.165, 1.54) is 6.07 Å². The van der Waals surface area contributed by atoms with Gasteiger partial charge in [0.2, 0.25) is 5.91 Å². The van der Waals surface area contributed by atoms with Crippen LogP contribution >= 0.6 is 23.2 Å². The van der Waals surface area contributed by atoms with Crippen molar-refractivity contribution in [3.8, 4) is 5.75 Å². The maximum atomic E-state index is 14.6. The lowest BCUT2D eigenvalue weighted by atomic mass is 9.62. The molecule has 0 unspecified atom stereocenters. The molecule has 2 fully saturated rings. The predicted molar refractivity (Wildman–Crippen MR) is 133 cm³/mol. The smallest absolute Gasteiger partial charge is 0.430 e. The second-order valence-corrected chi connectivity index (χ2v) is 10.3. The van der Waals surface area contributed by atoms with Crippen LogP contribution in [0.3, 0.4) is 0 Å². The highest BCUT2D eigenvalue weighted by molar-refractivity contribution is 6.34. The highest BCUT2D eigenvalue weighted by atomic mass is 35.5. The van der Waals surface area contributed by atoms with Crippen LogP contribution in [0.5, 0.6) is 5.75 Å². The molecule has 1 spiro atoms. The van der Waals surface area contributed by atoms with Crippen molar-refractivity contribution in [1.82, 2.24) is 10.2 Å². The van der Waals surface area contributed by atoms with Crippen LogP contribution < -0.4 is 10.1 Å². The number of nitrogens with one attached hydrogen (secondary N) is 1. The van der Waals surface area contributed by atoms with E-state index in [2.05, 4.69) is 5.32 Å². The fourth-order valence-corrected chi connectivity index (χ4v) is 6.25. The van der Waals surface area contributed by atoms with Gasteiger partial charge < -0.3 is 19.7 Å². The minimum atomic E-state index is -5.09. The van der Waals surface area contributed by atoms with Crippen LogP contribution in [-0.4, -0.2) is 56.7 Å². The Hall–Kier alpha value is -2.49. The van der Waals surface area contributed by atoms with Gasteiger partial charge in [0.05, 0.1) is 7.11 Å². The monoisotopic (exact) mass is 558 g/mol. The SMILES string of the molecule is COc1ccccc1[C@H]1CNC(=O)CC12CCN(C(=O)[C@@](OC)(c1cc(Cl)cc(Cl)c1)C(F)(F)F)CC2. The van der Waals surface area contributed by atoms with Gasteiger partial charge in [-0.2, -0.15) is 13.2 Å². The summed E-state index contributed by atoms with van der Waals surface area (Å²) in [7, 11) is 2.41. The normalized spacial score (nSPS) is 21.3. The van der Waals surface area contributed by atoms with Crippen molar-refractivity contribution in [2.24, 2.45) is 5.41 Å². The Morgan fingerprint density at radius 1 is 1.08 bits per heavy atom. The first kappa shape index (κ1) is 27.5. The zero-order valence-corrected chi connectivity index (χ0v) is 21.8. The van der Waals surface area contributed by atoms with Gasteiger partial charge in [0.25, 0.3) is 11.5 Å². The number of nitrogens with zero attached hydrogens (tertiary/aromatic N) is 1. The van der Waals surface area contributed by atoms with E-state index < -0.39 is 28.7 Å². The molecule has 2 atom stereocenters. The Labute approximate surface area is 223 Å². The fraction of sp³-hybridized carbons (Fsp3) is 0.462. The Morgan fingerprint density at radius 3 is 2.27 bits per heavy atom. The van der Waals surface area contributed by atoms with Gasteiger partial charge in [0, 0.05) is 54.7 Å². The number of likely N-dealkylation sites (tertiary alicyclic amines) is 1. The molecule has 2 aliphatic heterocycles. The van der Waals surface area contributed by atoms with Crippen LogP contribution in [0.4, 0.5) is 13.2 Å². The van der Waals surface area contributed by atoms with E-state index >= 15 is 0 Å². The summed E-state index contributed by atoms with van der Waals surface area (Å²) in [6.45, 7) is 0.416. The Morgan fingerprint density at radius 2 is 1.70 bits per heavy atom. The Bertz CT molecular complexity index is 1160. The molecule has 2 aromatic rings. The van der Waals surface area contributed by atoms with Crippen molar-refractivity contribution in [3.05, 3.63) is 63.6 Å². The summed E-state index contributed by atoms with van der Waals surface area (Å²) in [5.74, 6) is -0.819. The molecule has 0 radical (unpaired) electrons. The molecule has 0 aliphatic carbocycles. The number of rotatable bonds is 5. The minimum Gasteiger partial charge on any atom is -0.496 e. The number of carbonyl (C=O) groups is 2. The highest BCUT2D eigenvalue weighted by Crippen LogP contribution is 2.52. The summed E-state index contributed by atoms with van der Waals surface area (Å²) < 4.78 is 54.2. The Balaban J connectivity index is 1.66. The Kier molecular flexibility index (Phi) is 7.70. The average molecular weight is 559 g/mol. The van der Waals surface area contributed by atoms with E-state index in [1.54, 1.807) is 7.11 Å². The summed E-state index contributed by atoms with van der Waals surface area (Å²) in [6, 6.07) is 10.9. The third-order valence-electron chi connectivity index (χ3n) is 7.59. The van der Waals surface area contributed by atoms with E-state index in [4.69, 9.17) is 32.7 Å². The summed E-state index contributed by atoms with van der Waals surface area (Å²) in [5.41, 5.74) is -3.40. The fourth-order valence-electron chi connectivity index (χ4n) is 5.72. The van der Waals surface area contributed by atoms with Gasteiger partial charge in [-0.15, -0.1) is 0 Å². The number of ether oxygens (including phenoxy) is 2. The van der Waals surface area contributed by atoms with Crippen molar-refractivity contribution in [1.29, 1.82) is 0 Å². The van der Waals surface area contributed by atoms with E-state index in [-0.39, 0.29) is 41.4 Å². The van der Waals surface area contributed by atoms with E-state index in [9.17, 15) is 22.8 Å². The molecule has 200 valence electrons. The van der Waals surface area contributed by atoms with Crippen molar-refractivity contribution in [3.63, 3.8) is 0 Å². The maximum absolute atomic E-state index is 14.6. The van der Waals surface area contributed by atoms with E-state index in [0.29, 0.717) is 25.1 Å². The average Bonchev–Trinajstić information content (AvgIpc) is 2.84. The van der Waals surface area contributed by atoms with Crippen molar-refractivity contribution >= 4 is 35.0 Å². The molecular formula is C26H27Cl2F3N2O4. The minimum absolute atomic E-state index is 0.0211. The van der Waals surface area contributed by atoms with Crippen LogP contribution in [0, 0.1) is 5.41 Å². The number of carbonyl (C=O) groups excluding carboxylic acids is 2. The summed E-state index contributed by atoms with van der Waals surface area (Å²) in [6.07, 6.45) is -4.21. The molecule has 0 saturated carbocycles. The topological polar surface area (TPSA) is 67.9 Å². The highest BCUT2D eigenvalue weighted by Gasteiger charge is 2.64. The molecule has 11 heteroatoms. The van der Waals surface area contributed by atoms with Crippen LogP contribution in [0.2, 0.25) is 10.0 Å². The number of hydrogen-bond acceptors (Lipinski definition) is 4. The standard InChI is InChI=1S/C26H27Cl2F3N2O4/c1-36-21-6-4-3-5-19(21)20-15-32-22(34)14-24(20)7-9-33(10-8-24)23(35)25(37-2,26(29,30)31)16-11-17(27)13-18(28)12-16/h3-6,11-13,20H,7-10,14-15H2,1-2H3,(H,32,34)/t20-,25+/m1/s1. The third kappa shape index (κ3) is 4.89. The van der Waals surface area contributed by atoms with Gasteiger partial charge in [-0.25, -0.2) is 0 Å². The number of halogens is 5. The van der Waals surface area contributed by atoms with Crippen LogP contribution in [0.25, 0.3) is 0 Å². The lowest BCUT2D eigenvalue weighted by molar-refractivity contribution is -0.271. The van der Waals surface area contributed by atoms with Crippen LogP contribution in [0.1, 0.15) is 36.3 Å². The van der Waals surface area contributed by atoms with Crippen molar-refractivity contribution in [2.75, 3.05) is 33.9 Å². The van der Waals surface area contributed by atoms with Crippen molar-refractivity contribution in [2.45, 2.75) is 37.0 Å². The van der Waals surface area contributed by atoms with Gasteiger partial charge in [-0.05, 0) is 48.1 Å². The molecule has 0 aromatic heterocycles. The second kappa shape index (κ2) is 10.3. The summed E-state index contributed by atoms with van der Waals surface area (Å²) in [5, 5.41) is 2.80. The molecule has 2 amide bonds. The first-order chi connectivity index (χ1) is 17.5. The maximum Gasteiger partial charge on any atom is 0.430 e. The van der Waals surface area contributed by atoms with Crippen LogP contribution in [-0.2, 0) is 19.9 Å². The number of hydrogen-bond donors (Lipinski definition) is 1. The molecular weight excluding hydrogens is 532 g/mol. The summed E-state index contributed by atoms with van der Waals surface area (Å²) >= 11 is 12.0. The number of alkyl halides is 3. The van der Waals surface area contributed by atoms with Gasteiger partial charge in [-0.1, -0.05) is 41.4 Å². The first-order valence-corrected chi connectivity index (χ1v) is 12.5. The van der Waals surface area contributed by atoms with E-state index in [0.717, 1.165) is 29.7 Å². The molecule has 4 rings (SSSR count). The van der Waals surface area contributed by atoms with Gasteiger partial charge >= 0.3 is 6.18 Å². The van der Waals surface area contributed by atoms with Gasteiger partial charge in [0.1, 0.15) is 5.75 Å². The number of piperidine rings is 2. The molecule has 2 saturated heterocycles. The lowest BCUT2D eigenvalue weighted by Crippen LogP contribution is -2.60. The molecule has 6 nitrogen and oxygen atoms in total. The molecule has 37 heavy (non-hydrogen) atoms. The molecule has 2 heterocycles. The van der Waals surface area contributed by atoms with Crippen molar-refractivity contribution < 1.29 is 32.2 Å². The molecule has 0 bridgehead atoms.